The zero-order valence-electron chi connectivity index (χ0n) is 14.5. The second kappa shape index (κ2) is 8.50. The maximum Gasteiger partial charge on any atom is 0.308 e. The first kappa shape index (κ1) is 20.0. The first-order valence-corrected chi connectivity index (χ1v) is 9.10. The van der Waals surface area contributed by atoms with Gasteiger partial charge in [0.1, 0.15) is 5.75 Å². The molecule has 2 aromatic rings. The normalized spacial score (nSPS) is 16.1. The molecule has 1 aliphatic heterocycles. The van der Waals surface area contributed by atoms with Crippen molar-refractivity contribution in [1.29, 1.82) is 0 Å². The number of carboxylic acids is 1. The molecule has 146 valence electrons. The fourth-order valence-corrected chi connectivity index (χ4v) is 3.23. The minimum atomic E-state index is -0.984. The van der Waals surface area contributed by atoms with E-state index in [4.69, 9.17) is 33.0 Å². The first-order chi connectivity index (χ1) is 13.3. The summed E-state index contributed by atoms with van der Waals surface area (Å²) >= 11 is 11.8. The van der Waals surface area contributed by atoms with E-state index < -0.39 is 17.8 Å². The van der Waals surface area contributed by atoms with Crippen molar-refractivity contribution in [2.45, 2.75) is 6.42 Å². The molecule has 0 aromatic heterocycles. The average Bonchev–Trinajstić information content (AvgIpc) is 3.05. The van der Waals surface area contributed by atoms with Gasteiger partial charge in [-0.25, -0.2) is 0 Å². The number of anilines is 2. The maximum atomic E-state index is 12.0. The van der Waals surface area contributed by atoms with Gasteiger partial charge in [0, 0.05) is 23.7 Å². The Kier molecular flexibility index (Phi) is 6.06. The zero-order chi connectivity index (χ0) is 20.3. The smallest absolute Gasteiger partial charge is 0.308 e. The van der Waals surface area contributed by atoms with Gasteiger partial charge in [-0.05, 0) is 42.5 Å². The minimum Gasteiger partial charge on any atom is -0.484 e. The van der Waals surface area contributed by atoms with Crippen LogP contribution in [-0.4, -0.2) is 36.0 Å². The Morgan fingerprint density at radius 3 is 2.50 bits per heavy atom. The van der Waals surface area contributed by atoms with Crippen LogP contribution >= 0.6 is 23.2 Å². The number of carboxylic acid groups (broad SMARTS) is 1. The Labute approximate surface area is 170 Å². The van der Waals surface area contributed by atoms with E-state index in [1.165, 1.54) is 11.0 Å². The van der Waals surface area contributed by atoms with E-state index in [0.29, 0.717) is 27.2 Å². The molecule has 0 radical (unpaired) electrons. The van der Waals surface area contributed by atoms with Crippen molar-refractivity contribution in [2.24, 2.45) is 5.92 Å². The summed E-state index contributed by atoms with van der Waals surface area (Å²) in [5.41, 5.74) is 1.01. The monoisotopic (exact) mass is 422 g/mol. The number of ether oxygens (including phenoxy) is 1. The van der Waals surface area contributed by atoms with Crippen LogP contribution in [0.15, 0.2) is 42.5 Å². The van der Waals surface area contributed by atoms with Crippen LogP contribution in [0.3, 0.4) is 0 Å². The Hall–Kier alpha value is -2.77. The van der Waals surface area contributed by atoms with E-state index in [1.54, 1.807) is 36.4 Å². The highest BCUT2D eigenvalue weighted by atomic mass is 35.5. The quantitative estimate of drug-likeness (QED) is 0.742. The van der Waals surface area contributed by atoms with Crippen LogP contribution in [0.5, 0.6) is 5.75 Å². The van der Waals surface area contributed by atoms with Crippen LogP contribution in [0.1, 0.15) is 6.42 Å². The Balaban J connectivity index is 1.55. The van der Waals surface area contributed by atoms with Gasteiger partial charge in [-0.3, -0.25) is 14.4 Å². The number of amides is 2. The van der Waals surface area contributed by atoms with Crippen LogP contribution in [0.25, 0.3) is 0 Å². The van der Waals surface area contributed by atoms with E-state index in [2.05, 4.69) is 5.32 Å². The van der Waals surface area contributed by atoms with Gasteiger partial charge in [-0.15, -0.1) is 0 Å². The number of rotatable bonds is 6. The summed E-state index contributed by atoms with van der Waals surface area (Å²) in [4.78, 5) is 36.4. The average molecular weight is 423 g/mol. The summed E-state index contributed by atoms with van der Waals surface area (Å²) in [5, 5.41) is 12.5. The molecular formula is C19H16Cl2N2O5. The molecular weight excluding hydrogens is 407 g/mol. The van der Waals surface area contributed by atoms with Gasteiger partial charge in [0.15, 0.2) is 6.61 Å². The van der Waals surface area contributed by atoms with Gasteiger partial charge >= 0.3 is 5.97 Å². The molecule has 0 aliphatic carbocycles. The van der Waals surface area contributed by atoms with Crippen LogP contribution < -0.4 is 15.0 Å². The summed E-state index contributed by atoms with van der Waals surface area (Å²) in [6.45, 7) is -0.0966. The number of carbonyl (C=O) groups excluding carboxylic acids is 2. The van der Waals surface area contributed by atoms with E-state index in [0.717, 1.165) is 0 Å². The first-order valence-electron chi connectivity index (χ1n) is 8.34. The largest absolute Gasteiger partial charge is 0.484 e. The van der Waals surface area contributed by atoms with Gasteiger partial charge < -0.3 is 20.1 Å². The fraction of sp³-hybridized carbons (Fsp3) is 0.211. The topological polar surface area (TPSA) is 95.9 Å². The molecule has 28 heavy (non-hydrogen) atoms. The minimum absolute atomic E-state index is 0.0129. The molecule has 3 rings (SSSR count). The molecule has 1 atom stereocenters. The SMILES string of the molecule is O=C(COc1ccc(N2C[C@@H](C(=O)O)CC2=O)cc1)Nc1ccc(Cl)cc1Cl. The number of carbonyl (C=O) groups is 3. The number of nitrogens with zero attached hydrogens (tertiary/aromatic N) is 1. The number of aliphatic carboxylic acids is 1. The van der Waals surface area contributed by atoms with E-state index in [9.17, 15) is 14.4 Å². The lowest BCUT2D eigenvalue weighted by molar-refractivity contribution is -0.141. The van der Waals surface area contributed by atoms with Crippen LogP contribution in [0.4, 0.5) is 11.4 Å². The molecule has 2 N–H and O–H groups in total. The zero-order valence-corrected chi connectivity index (χ0v) is 16.0. The molecule has 9 heteroatoms. The van der Waals surface area contributed by atoms with Gasteiger partial charge in [0.05, 0.1) is 16.6 Å². The Bertz CT molecular complexity index is 917. The van der Waals surface area contributed by atoms with Crippen LogP contribution in [0, 0.1) is 5.92 Å². The second-order valence-electron chi connectivity index (χ2n) is 6.20. The fourth-order valence-electron chi connectivity index (χ4n) is 2.77. The molecule has 0 spiro atoms. The van der Waals surface area contributed by atoms with Crippen LogP contribution in [-0.2, 0) is 14.4 Å². The lowest BCUT2D eigenvalue weighted by Gasteiger charge is -2.16. The van der Waals surface area contributed by atoms with E-state index in [1.807, 2.05) is 0 Å². The summed E-state index contributed by atoms with van der Waals surface area (Å²) in [7, 11) is 0. The molecule has 0 saturated carbocycles. The Morgan fingerprint density at radius 2 is 1.89 bits per heavy atom. The number of nitrogens with one attached hydrogen (secondary N) is 1. The van der Waals surface area contributed by atoms with Crippen molar-refractivity contribution in [3.63, 3.8) is 0 Å². The summed E-state index contributed by atoms with van der Waals surface area (Å²) < 4.78 is 5.43. The highest BCUT2D eigenvalue weighted by molar-refractivity contribution is 6.36. The molecule has 1 heterocycles. The summed E-state index contributed by atoms with van der Waals surface area (Å²) in [6, 6.07) is 11.2. The molecule has 1 aliphatic rings. The molecule has 2 aromatic carbocycles. The van der Waals surface area contributed by atoms with Crippen molar-refractivity contribution in [2.75, 3.05) is 23.4 Å². The van der Waals surface area contributed by atoms with Gasteiger partial charge in [0.2, 0.25) is 5.91 Å². The lowest BCUT2D eigenvalue weighted by Crippen LogP contribution is -2.25. The predicted molar refractivity (Wildman–Crippen MR) is 105 cm³/mol. The van der Waals surface area contributed by atoms with E-state index in [-0.39, 0.29) is 25.5 Å². The third-order valence-corrected chi connectivity index (χ3v) is 4.75. The third-order valence-electron chi connectivity index (χ3n) is 4.20. The molecule has 1 fully saturated rings. The van der Waals surface area contributed by atoms with E-state index >= 15 is 0 Å². The standard InChI is InChI=1S/C19H16Cl2N2O5/c20-12-1-6-16(15(21)8-12)22-17(24)10-28-14-4-2-13(3-5-14)23-9-11(19(26)27)7-18(23)25/h1-6,8,11H,7,9-10H2,(H,22,24)(H,26,27)/t11-/m0/s1. The van der Waals surface area contributed by atoms with Crippen molar-refractivity contribution in [3.8, 4) is 5.75 Å². The maximum absolute atomic E-state index is 12.0. The van der Waals surface area contributed by atoms with Gasteiger partial charge in [-0.2, -0.15) is 0 Å². The number of halogens is 2. The number of hydrogen-bond donors (Lipinski definition) is 2. The molecule has 0 bridgehead atoms. The molecule has 7 nitrogen and oxygen atoms in total. The van der Waals surface area contributed by atoms with Crippen molar-refractivity contribution >= 4 is 52.4 Å². The van der Waals surface area contributed by atoms with Gasteiger partial charge in [-0.1, -0.05) is 23.2 Å². The van der Waals surface area contributed by atoms with Crippen LogP contribution in [0.2, 0.25) is 10.0 Å². The molecule has 2 amide bonds. The lowest BCUT2D eigenvalue weighted by atomic mass is 10.1. The van der Waals surface area contributed by atoms with Crippen molar-refractivity contribution in [3.05, 3.63) is 52.5 Å². The summed E-state index contributed by atoms with van der Waals surface area (Å²) in [6.07, 6.45) is -0.0129. The van der Waals surface area contributed by atoms with Crippen molar-refractivity contribution < 1.29 is 24.2 Å². The molecule has 0 unspecified atom stereocenters. The predicted octanol–water partition coefficient (Wildman–Crippen LogP) is 3.45. The summed E-state index contributed by atoms with van der Waals surface area (Å²) in [5.74, 6) is -1.88. The van der Waals surface area contributed by atoms with Crippen molar-refractivity contribution in [1.82, 2.24) is 0 Å². The second-order valence-corrected chi connectivity index (χ2v) is 7.04. The van der Waals surface area contributed by atoms with Gasteiger partial charge in [0.25, 0.3) is 5.91 Å². The Morgan fingerprint density at radius 1 is 1.18 bits per heavy atom. The third kappa shape index (κ3) is 4.74. The number of hydrogen-bond acceptors (Lipinski definition) is 4. The molecule has 1 saturated heterocycles. The number of benzene rings is 2. The highest BCUT2D eigenvalue weighted by Crippen LogP contribution is 2.27. The highest BCUT2D eigenvalue weighted by Gasteiger charge is 2.34.